The van der Waals surface area contributed by atoms with Crippen LogP contribution in [-0.4, -0.2) is 28.3 Å². The second kappa shape index (κ2) is 11.7. The minimum absolute atomic E-state index is 0.0654. The van der Waals surface area contributed by atoms with Crippen molar-refractivity contribution in [2.75, 3.05) is 0 Å². The normalized spacial score (nSPS) is 12.2. The number of nitrogens with zero attached hydrogens (tertiary/aromatic N) is 1. The summed E-state index contributed by atoms with van der Waals surface area (Å²) in [6, 6.07) is 22.2. The average molecular weight is 511 g/mol. The Morgan fingerprint density at radius 1 is 0.914 bits per heavy atom. The Balaban J connectivity index is 2.00. The summed E-state index contributed by atoms with van der Waals surface area (Å²) in [5.41, 5.74) is 3.29. The van der Waals surface area contributed by atoms with E-state index in [2.05, 4.69) is 5.32 Å². The first-order valence-corrected chi connectivity index (χ1v) is 12.4. The van der Waals surface area contributed by atoms with Crippen LogP contribution in [0.15, 0.2) is 72.8 Å². The van der Waals surface area contributed by atoms with E-state index in [1.807, 2.05) is 82.3 Å². The van der Waals surface area contributed by atoms with Gasteiger partial charge in [0.15, 0.2) is 0 Å². The minimum Gasteiger partial charge on any atom is -0.350 e. The maximum absolute atomic E-state index is 13.8. The van der Waals surface area contributed by atoms with Crippen molar-refractivity contribution in [3.63, 3.8) is 0 Å². The number of benzene rings is 3. The highest BCUT2D eigenvalue weighted by molar-refractivity contribution is 6.35. The van der Waals surface area contributed by atoms with Gasteiger partial charge in [-0.15, -0.1) is 0 Å². The molecule has 0 aromatic heterocycles. The van der Waals surface area contributed by atoms with Gasteiger partial charge in [0, 0.05) is 28.5 Å². The van der Waals surface area contributed by atoms with Crippen LogP contribution in [0.25, 0.3) is 0 Å². The Hall–Kier alpha value is -2.82. The molecule has 0 heterocycles. The molecule has 35 heavy (non-hydrogen) atoms. The van der Waals surface area contributed by atoms with Crippen molar-refractivity contribution in [1.29, 1.82) is 0 Å². The van der Waals surface area contributed by atoms with Gasteiger partial charge in [-0.05, 0) is 56.5 Å². The van der Waals surface area contributed by atoms with Crippen molar-refractivity contribution in [3.05, 3.63) is 105 Å². The number of carbonyl (C=O) groups is 2. The van der Waals surface area contributed by atoms with Crippen molar-refractivity contribution < 1.29 is 9.59 Å². The minimum atomic E-state index is -0.698. The number of nitrogens with one attached hydrogen (secondary N) is 1. The molecule has 0 unspecified atom stereocenters. The Labute approximate surface area is 218 Å². The molecule has 0 saturated carbocycles. The zero-order chi connectivity index (χ0) is 25.6. The molecule has 1 atom stereocenters. The number of hydrogen-bond donors (Lipinski definition) is 1. The van der Waals surface area contributed by atoms with Gasteiger partial charge >= 0.3 is 0 Å². The monoisotopic (exact) mass is 510 g/mol. The fraction of sp³-hybridized carbons (Fsp3) is 0.310. The number of aryl methyl sites for hydroxylation is 1. The molecule has 0 aliphatic heterocycles. The summed E-state index contributed by atoms with van der Waals surface area (Å²) in [4.78, 5) is 29.0. The van der Waals surface area contributed by atoms with E-state index in [0.29, 0.717) is 28.6 Å². The van der Waals surface area contributed by atoms with Gasteiger partial charge in [-0.1, -0.05) is 89.4 Å². The fourth-order valence-electron chi connectivity index (χ4n) is 3.83. The van der Waals surface area contributed by atoms with E-state index in [9.17, 15) is 9.59 Å². The van der Waals surface area contributed by atoms with Gasteiger partial charge in [0.2, 0.25) is 11.8 Å². The van der Waals surface area contributed by atoms with Crippen LogP contribution in [0.4, 0.5) is 0 Å². The molecule has 3 aromatic rings. The van der Waals surface area contributed by atoms with E-state index < -0.39 is 11.6 Å². The predicted molar refractivity (Wildman–Crippen MR) is 144 cm³/mol. The number of halogens is 2. The second-order valence-corrected chi connectivity index (χ2v) is 10.7. The van der Waals surface area contributed by atoms with Crippen LogP contribution in [0.5, 0.6) is 0 Å². The van der Waals surface area contributed by atoms with Gasteiger partial charge in [-0.3, -0.25) is 9.59 Å². The van der Waals surface area contributed by atoms with Crippen molar-refractivity contribution in [2.24, 2.45) is 0 Å². The second-order valence-electron chi connectivity index (χ2n) is 9.86. The van der Waals surface area contributed by atoms with Crippen molar-refractivity contribution in [3.8, 4) is 0 Å². The first-order chi connectivity index (χ1) is 16.5. The molecule has 2 amide bonds. The van der Waals surface area contributed by atoms with E-state index in [4.69, 9.17) is 23.2 Å². The third-order valence-electron chi connectivity index (χ3n) is 5.60. The maximum Gasteiger partial charge on any atom is 0.243 e. The molecule has 1 N–H and O–H groups in total. The molecule has 184 valence electrons. The molecule has 0 spiro atoms. The molecule has 0 aliphatic carbocycles. The Morgan fingerprint density at radius 2 is 1.57 bits per heavy atom. The lowest BCUT2D eigenvalue weighted by Gasteiger charge is -2.34. The number of rotatable bonds is 8. The van der Waals surface area contributed by atoms with Crippen molar-refractivity contribution in [2.45, 2.75) is 58.7 Å². The van der Waals surface area contributed by atoms with Crippen LogP contribution < -0.4 is 5.32 Å². The largest absolute Gasteiger partial charge is 0.350 e. The Bertz CT molecular complexity index is 1160. The van der Waals surface area contributed by atoms with Gasteiger partial charge < -0.3 is 10.2 Å². The highest BCUT2D eigenvalue weighted by Crippen LogP contribution is 2.24. The van der Waals surface area contributed by atoms with Gasteiger partial charge in [0.05, 0.1) is 6.42 Å². The zero-order valence-electron chi connectivity index (χ0n) is 20.6. The van der Waals surface area contributed by atoms with Crippen LogP contribution in [0.3, 0.4) is 0 Å². The smallest absolute Gasteiger partial charge is 0.243 e. The van der Waals surface area contributed by atoms with Crippen molar-refractivity contribution in [1.82, 2.24) is 10.2 Å². The summed E-state index contributed by atoms with van der Waals surface area (Å²) in [5.74, 6) is -0.371. The molecular formula is C29H32Cl2N2O2. The van der Waals surface area contributed by atoms with Crippen LogP contribution in [-0.2, 0) is 29.0 Å². The van der Waals surface area contributed by atoms with Crippen LogP contribution >= 0.6 is 23.2 Å². The molecule has 0 aliphatic rings. The zero-order valence-corrected chi connectivity index (χ0v) is 22.2. The van der Waals surface area contributed by atoms with Crippen molar-refractivity contribution >= 4 is 35.0 Å². The van der Waals surface area contributed by atoms with E-state index >= 15 is 0 Å². The quantitative estimate of drug-likeness (QED) is 0.381. The predicted octanol–water partition coefficient (Wildman–Crippen LogP) is 6.40. The van der Waals surface area contributed by atoms with E-state index in [1.54, 1.807) is 23.1 Å². The van der Waals surface area contributed by atoms with Gasteiger partial charge in [0.1, 0.15) is 6.04 Å². The van der Waals surface area contributed by atoms with Crippen LogP contribution in [0.2, 0.25) is 10.0 Å². The molecule has 0 radical (unpaired) electrons. The number of carbonyl (C=O) groups excluding carboxylic acids is 2. The molecule has 4 nitrogen and oxygen atoms in total. The summed E-state index contributed by atoms with van der Waals surface area (Å²) >= 11 is 12.4. The summed E-state index contributed by atoms with van der Waals surface area (Å²) in [6.07, 6.45) is 0.463. The SMILES string of the molecule is Cc1ccc(CN(C(=O)Cc2ccc(Cl)cc2Cl)[C@H](Cc2ccccc2)C(=O)NC(C)(C)C)cc1. The number of hydrogen-bond acceptors (Lipinski definition) is 2. The van der Waals surface area contributed by atoms with E-state index in [0.717, 1.165) is 16.7 Å². The van der Waals surface area contributed by atoms with Gasteiger partial charge in [-0.25, -0.2) is 0 Å². The third kappa shape index (κ3) is 8.12. The lowest BCUT2D eigenvalue weighted by Crippen LogP contribution is -2.54. The molecule has 3 rings (SSSR count). The Kier molecular flexibility index (Phi) is 8.98. The first kappa shape index (κ1) is 26.8. The number of amides is 2. The average Bonchev–Trinajstić information content (AvgIpc) is 2.78. The Morgan fingerprint density at radius 3 is 2.17 bits per heavy atom. The highest BCUT2D eigenvalue weighted by atomic mass is 35.5. The first-order valence-electron chi connectivity index (χ1n) is 11.7. The maximum atomic E-state index is 13.8. The lowest BCUT2D eigenvalue weighted by molar-refractivity contribution is -0.141. The van der Waals surface area contributed by atoms with E-state index in [1.165, 1.54) is 0 Å². The highest BCUT2D eigenvalue weighted by Gasteiger charge is 2.32. The molecule has 0 fully saturated rings. The lowest BCUT2D eigenvalue weighted by atomic mass is 9.99. The molecule has 3 aromatic carbocycles. The fourth-order valence-corrected chi connectivity index (χ4v) is 4.30. The molecular weight excluding hydrogens is 479 g/mol. The summed E-state index contributed by atoms with van der Waals surface area (Å²) in [6.45, 7) is 8.13. The third-order valence-corrected chi connectivity index (χ3v) is 6.19. The standard InChI is InChI=1S/C29H32Cl2N2O2/c1-20-10-12-22(13-11-20)19-33(27(34)17-23-14-15-24(30)18-25(23)31)26(28(35)32-29(2,3)4)16-21-8-6-5-7-9-21/h5-15,18,26H,16-17,19H2,1-4H3,(H,32,35)/t26-/m1/s1. The van der Waals surface area contributed by atoms with Gasteiger partial charge in [0.25, 0.3) is 0 Å². The molecule has 0 saturated heterocycles. The van der Waals surface area contributed by atoms with Crippen LogP contribution in [0.1, 0.15) is 43.0 Å². The van der Waals surface area contributed by atoms with E-state index in [-0.39, 0.29) is 18.2 Å². The topological polar surface area (TPSA) is 49.4 Å². The summed E-state index contributed by atoms with van der Waals surface area (Å²) in [5, 5.41) is 4.02. The van der Waals surface area contributed by atoms with Gasteiger partial charge in [-0.2, -0.15) is 0 Å². The molecule has 0 bridgehead atoms. The van der Waals surface area contributed by atoms with Crippen LogP contribution in [0, 0.1) is 6.92 Å². The molecule has 6 heteroatoms. The summed E-state index contributed by atoms with van der Waals surface area (Å²) < 4.78 is 0. The summed E-state index contributed by atoms with van der Waals surface area (Å²) in [7, 11) is 0.